The molecule has 9 nitrogen and oxygen atoms in total. The van der Waals surface area contributed by atoms with Gasteiger partial charge in [-0.3, -0.25) is 4.79 Å². The monoisotopic (exact) mass is 560 g/mol. The van der Waals surface area contributed by atoms with Gasteiger partial charge in [0, 0.05) is 54.8 Å². The van der Waals surface area contributed by atoms with E-state index >= 15 is 0 Å². The van der Waals surface area contributed by atoms with Crippen LogP contribution in [0, 0.1) is 5.82 Å². The molecule has 6 heterocycles. The van der Waals surface area contributed by atoms with E-state index in [4.69, 9.17) is 14.7 Å². The minimum Gasteiger partial charge on any atom is -0.508 e. The van der Waals surface area contributed by atoms with Gasteiger partial charge in [-0.25, -0.2) is 4.39 Å². The van der Waals surface area contributed by atoms with Gasteiger partial charge in [0.15, 0.2) is 0 Å². The second-order valence-electron chi connectivity index (χ2n) is 11.9. The van der Waals surface area contributed by atoms with Gasteiger partial charge in [-0.05, 0) is 75.2 Å². The Balaban J connectivity index is 1.31. The summed E-state index contributed by atoms with van der Waals surface area (Å²) in [5, 5.41) is 15.5. The van der Waals surface area contributed by atoms with Gasteiger partial charge < -0.3 is 29.9 Å². The summed E-state index contributed by atoms with van der Waals surface area (Å²) in [5.74, 6) is 0.235. The summed E-state index contributed by atoms with van der Waals surface area (Å²) >= 11 is 0. The molecule has 8 rings (SSSR count). The molecule has 1 amide bonds. The smallest absolute Gasteiger partial charge is 0.319 e. The van der Waals surface area contributed by atoms with E-state index in [1.54, 1.807) is 23.1 Å². The number of likely N-dealkylation sites (N-methyl/N-ethyl adjacent to an activating group) is 1. The van der Waals surface area contributed by atoms with Gasteiger partial charge in [0.2, 0.25) is 0 Å². The number of ether oxygens (including phenoxy) is 1. The molecule has 41 heavy (non-hydrogen) atoms. The summed E-state index contributed by atoms with van der Waals surface area (Å²) in [6.07, 6.45) is 5.43. The number of aromatic hydroxyl groups is 1. The van der Waals surface area contributed by atoms with Crippen LogP contribution in [-0.2, 0) is 12.8 Å². The van der Waals surface area contributed by atoms with Gasteiger partial charge in [-0.2, -0.15) is 9.97 Å². The molecule has 1 aromatic heterocycles. The number of hydrogen-bond acceptors (Lipinski definition) is 8. The van der Waals surface area contributed by atoms with Crippen molar-refractivity contribution in [3.63, 3.8) is 0 Å². The van der Waals surface area contributed by atoms with Crippen LogP contribution in [0.3, 0.4) is 0 Å². The van der Waals surface area contributed by atoms with Crippen molar-refractivity contribution in [1.82, 2.24) is 20.2 Å². The van der Waals surface area contributed by atoms with E-state index in [1.165, 1.54) is 6.07 Å². The molecular formula is C31H37FN6O3. The third-order valence-corrected chi connectivity index (χ3v) is 9.47. The van der Waals surface area contributed by atoms with Gasteiger partial charge in [-0.15, -0.1) is 0 Å². The minimum absolute atomic E-state index is 0.0321. The average molecular weight is 561 g/mol. The third kappa shape index (κ3) is 4.57. The van der Waals surface area contributed by atoms with E-state index in [2.05, 4.69) is 22.2 Å². The van der Waals surface area contributed by atoms with E-state index in [1.807, 2.05) is 6.92 Å². The highest BCUT2D eigenvalue weighted by Crippen LogP contribution is 2.40. The molecule has 10 heteroatoms. The molecule has 2 N–H and O–H groups in total. The molecule has 0 spiro atoms. The Bertz CT molecular complexity index is 1510. The van der Waals surface area contributed by atoms with Crippen LogP contribution in [-0.4, -0.2) is 83.8 Å². The van der Waals surface area contributed by atoms with Crippen molar-refractivity contribution in [1.29, 1.82) is 0 Å². The molecule has 4 fully saturated rings. The molecule has 3 atom stereocenters. The number of hydrogen-bond donors (Lipinski definition) is 2. The molecule has 2 bridgehead atoms. The van der Waals surface area contributed by atoms with E-state index in [9.17, 15) is 14.3 Å². The number of nitrogens with one attached hydrogen (secondary N) is 1. The highest BCUT2D eigenvalue weighted by atomic mass is 19.1. The largest absolute Gasteiger partial charge is 0.508 e. The zero-order valence-corrected chi connectivity index (χ0v) is 23.7. The number of rotatable bonds is 6. The lowest BCUT2D eigenvalue weighted by Gasteiger charge is -2.47. The van der Waals surface area contributed by atoms with Crippen LogP contribution in [0.15, 0.2) is 24.3 Å². The van der Waals surface area contributed by atoms with Crippen molar-refractivity contribution in [2.45, 2.75) is 63.6 Å². The second-order valence-corrected chi connectivity index (χ2v) is 11.9. The molecule has 0 radical (unpaired) electrons. The number of benzene rings is 2. The SMILES string of the molecule is CCc1c(F)ccc2cc(O)cc(N3CCc4c(nc(OC[C@@H]5CCCN5C)nc4N4CC5CCC4CN5)C3=O)c12. The van der Waals surface area contributed by atoms with Gasteiger partial charge in [-0.1, -0.05) is 13.0 Å². The Labute approximate surface area is 239 Å². The Kier molecular flexibility index (Phi) is 6.70. The van der Waals surface area contributed by atoms with Crippen molar-refractivity contribution in [2.24, 2.45) is 0 Å². The highest BCUT2D eigenvalue weighted by Gasteiger charge is 2.39. The topological polar surface area (TPSA) is 94.1 Å². The molecule has 0 aliphatic carbocycles. The maximum Gasteiger partial charge on any atom is 0.319 e. The van der Waals surface area contributed by atoms with Crippen LogP contribution < -0.4 is 19.9 Å². The summed E-state index contributed by atoms with van der Waals surface area (Å²) in [6, 6.07) is 7.49. The standard InChI is InChI=1S/C31H37FN6O3/c1-3-23-25(32)9-6-18-13-22(39)14-26(27(18)23)37-12-10-24-28(30(37)40)34-31(41-17-21-5-4-11-36(21)2)35-29(24)38-16-19-7-8-20(38)15-33-19/h6,9,13-14,19-21,33,39H,3-5,7-8,10-12,15-17H2,1-2H3/t19?,20?,21-/m0/s1. The number of amides is 1. The lowest BCUT2D eigenvalue weighted by molar-refractivity contribution is 0.0973. The fourth-order valence-electron chi connectivity index (χ4n) is 7.21. The van der Waals surface area contributed by atoms with Gasteiger partial charge in [0.1, 0.15) is 29.7 Å². The van der Waals surface area contributed by atoms with Crippen molar-refractivity contribution >= 4 is 28.2 Å². The van der Waals surface area contributed by atoms with Crippen LogP contribution in [0.5, 0.6) is 11.8 Å². The molecule has 3 aromatic rings. The van der Waals surface area contributed by atoms with Crippen LogP contribution in [0.25, 0.3) is 10.8 Å². The quantitative estimate of drug-likeness (QED) is 0.472. The number of piperazine rings is 1. The predicted molar refractivity (Wildman–Crippen MR) is 156 cm³/mol. The summed E-state index contributed by atoms with van der Waals surface area (Å²) in [5.41, 5.74) is 2.20. The fraction of sp³-hybridized carbons (Fsp3) is 0.516. The van der Waals surface area contributed by atoms with Crippen molar-refractivity contribution in [3.8, 4) is 11.8 Å². The number of aryl methyl sites for hydroxylation is 1. The summed E-state index contributed by atoms with van der Waals surface area (Å²) in [6.45, 7) is 5.53. The maximum atomic E-state index is 14.9. The lowest BCUT2D eigenvalue weighted by atomic mass is 9.91. The number of carbonyl (C=O) groups is 1. The first kappa shape index (κ1) is 26.4. The molecule has 0 saturated carbocycles. The summed E-state index contributed by atoms with van der Waals surface area (Å²) < 4.78 is 21.1. The Morgan fingerprint density at radius 2 is 2.05 bits per heavy atom. The van der Waals surface area contributed by atoms with Gasteiger partial charge >= 0.3 is 6.01 Å². The first-order valence-corrected chi connectivity index (χ1v) is 14.9. The maximum absolute atomic E-state index is 14.9. The number of piperidine rings is 2. The number of halogens is 1. The van der Waals surface area contributed by atoms with Crippen molar-refractivity contribution in [3.05, 3.63) is 46.9 Å². The first-order valence-electron chi connectivity index (χ1n) is 14.9. The van der Waals surface area contributed by atoms with Crippen LogP contribution >= 0.6 is 0 Å². The lowest BCUT2D eigenvalue weighted by Crippen LogP contribution is -2.61. The van der Waals surface area contributed by atoms with Gasteiger partial charge in [0.25, 0.3) is 5.91 Å². The van der Waals surface area contributed by atoms with Crippen LogP contribution in [0.4, 0.5) is 15.9 Å². The molecular weight excluding hydrogens is 523 g/mol. The number of phenols is 1. The number of carbonyl (C=O) groups excluding carboxylic acids is 1. The molecule has 216 valence electrons. The van der Waals surface area contributed by atoms with Gasteiger partial charge in [0.05, 0.1) is 5.69 Å². The zero-order chi connectivity index (χ0) is 28.2. The summed E-state index contributed by atoms with van der Waals surface area (Å²) in [4.78, 5) is 30.2. The van der Waals surface area contributed by atoms with Crippen LogP contribution in [0.1, 0.15) is 54.2 Å². The van der Waals surface area contributed by atoms with E-state index in [0.29, 0.717) is 71.8 Å². The predicted octanol–water partition coefficient (Wildman–Crippen LogP) is 3.65. The number of likely N-dealkylation sites (tertiary alicyclic amines) is 1. The zero-order valence-electron chi connectivity index (χ0n) is 23.7. The molecule has 2 unspecified atom stereocenters. The molecule has 4 saturated heterocycles. The number of nitrogens with zero attached hydrogens (tertiary/aromatic N) is 5. The number of anilines is 2. The number of fused-ring (bicyclic) bond motifs is 5. The Hall–Kier alpha value is -3.50. The summed E-state index contributed by atoms with van der Waals surface area (Å²) in [7, 11) is 2.10. The fourth-order valence-corrected chi connectivity index (χ4v) is 7.21. The Morgan fingerprint density at radius 3 is 2.76 bits per heavy atom. The molecule has 5 aliphatic rings. The number of phenolic OH excluding ortho intramolecular Hbond substituents is 1. The minimum atomic E-state index is -0.317. The van der Waals surface area contributed by atoms with Crippen molar-refractivity contribution in [2.75, 3.05) is 49.6 Å². The molecule has 2 aromatic carbocycles. The average Bonchev–Trinajstić information content (AvgIpc) is 3.41. The first-order chi connectivity index (χ1) is 19.9. The number of aromatic nitrogens is 2. The normalized spacial score (nSPS) is 24.4. The molecule has 5 aliphatic heterocycles. The van der Waals surface area contributed by atoms with Crippen LogP contribution in [0.2, 0.25) is 0 Å². The third-order valence-electron chi connectivity index (χ3n) is 9.47. The van der Waals surface area contributed by atoms with E-state index < -0.39 is 0 Å². The van der Waals surface area contributed by atoms with E-state index in [-0.39, 0.29) is 23.5 Å². The van der Waals surface area contributed by atoms with Crippen molar-refractivity contribution < 1.29 is 19.0 Å². The Morgan fingerprint density at radius 1 is 1.17 bits per heavy atom. The second kappa shape index (κ2) is 10.4. The van der Waals surface area contributed by atoms with E-state index in [0.717, 1.165) is 56.7 Å². The highest BCUT2D eigenvalue weighted by molar-refractivity contribution is 6.13.